The number of hydrogen-bond donors (Lipinski definition) is 1. The van der Waals surface area contributed by atoms with E-state index in [-0.39, 0.29) is 29.2 Å². The first-order valence-corrected chi connectivity index (χ1v) is 16.2. The zero-order valence-corrected chi connectivity index (χ0v) is 27.6. The van der Waals surface area contributed by atoms with Crippen molar-refractivity contribution in [1.82, 2.24) is 25.0 Å². The van der Waals surface area contributed by atoms with Crippen molar-refractivity contribution in [3.8, 4) is 17.9 Å². The van der Waals surface area contributed by atoms with Gasteiger partial charge >= 0.3 is 12.0 Å². The number of aromatic nitrogens is 1. The number of urea groups is 1. The number of hydrogen-bond acceptors (Lipinski definition) is 9. The van der Waals surface area contributed by atoms with Gasteiger partial charge in [-0.05, 0) is 49.2 Å². The Morgan fingerprint density at radius 2 is 2.00 bits per heavy atom. The standard InChI is InChI=1S/C34H31ClFN7O3S/c1-20-13-22(16-37)14-21(2)25(20)5-4-9-42-18-24-17-41(10-11-43(24)34(42)45)19-28-29(33(44)46-3)30(26-7-6-23(36)15-27(26)35)40-31(39-28)32-38-8-12-47-32/h6-8,12-15,24,30H,9-11,17-19H2,1-3H3,(H,39,40)/t24-,30-/m0/s1. The summed E-state index contributed by atoms with van der Waals surface area (Å²) in [6.07, 6.45) is 1.67. The Labute approximate surface area is 281 Å². The van der Waals surface area contributed by atoms with E-state index in [1.54, 1.807) is 11.1 Å². The number of aliphatic imine (C=N–C) groups is 1. The van der Waals surface area contributed by atoms with Crippen molar-refractivity contribution in [1.29, 1.82) is 5.26 Å². The number of esters is 1. The number of benzene rings is 2. The number of nitriles is 1. The first kappa shape index (κ1) is 32.2. The van der Waals surface area contributed by atoms with Crippen LogP contribution >= 0.6 is 22.9 Å². The van der Waals surface area contributed by atoms with E-state index in [0.29, 0.717) is 60.4 Å². The number of thiazole rings is 1. The number of methoxy groups -OCH3 is 1. The maximum Gasteiger partial charge on any atom is 0.338 e. The molecule has 2 fully saturated rings. The van der Waals surface area contributed by atoms with Gasteiger partial charge in [-0.1, -0.05) is 29.5 Å². The van der Waals surface area contributed by atoms with E-state index in [4.69, 9.17) is 21.3 Å². The van der Waals surface area contributed by atoms with Crippen molar-refractivity contribution in [2.45, 2.75) is 25.9 Å². The number of nitrogens with zero attached hydrogens (tertiary/aromatic N) is 6. The molecule has 240 valence electrons. The Hall–Kier alpha value is -4.75. The Balaban J connectivity index is 1.22. The van der Waals surface area contributed by atoms with Crippen molar-refractivity contribution < 1.29 is 18.7 Å². The second-order valence-electron chi connectivity index (χ2n) is 11.5. The van der Waals surface area contributed by atoms with Crippen LogP contribution in [0.4, 0.5) is 9.18 Å². The van der Waals surface area contributed by atoms with E-state index >= 15 is 0 Å². The molecular weight excluding hydrogens is 641 g/mol. The number of fused-ring (bicyclic) bond motifs is 1. The van der Waals surface area contributed by atoms with Crippen LogP contribution in [-0.2, 0) is 9.53 Å². The molecule has 0 spiro atoms. The first-order valence-electron chi connectivity index (χ1n) is 15.0. The summed E-state index contributed by atoms with van der Waals surface area (Å²) in [7, 11) is 1.31. The topological polar surface area (TPSA) is 114 Å². The minimum absolute atomic E-state index is 0.0494. The average molecular weight is 672 g/mol. The molecule has 1 N–H and O–H groups in total. The maximum absolute atomic E-state index is 14.0. The molecule has 0 bridgehead atoms. The lowest BCUT2D eigenvalue weighted by molar-refractivity contribution is -0.136. The van der Waals surface area contributed by atoms with E-state index in [1.165, 1.54) is 36.6 Å². The van der Waals surface area contributed by atoms with Crippen molar-refractivity contribution in [3.63, 3.8) is 0 Å². The lowest BCUT2D eigenvalue weighted by atomic mass is 9.95. The molecule has 2 amide bonds. The first-order chi connectivity index (χ1) is 22.7. The molecule has 2 aromatic carbocycles. The fraction of sp³-hybridized carbons (Fsp3) is 0.324. The number of piperazine rings is 1. The lowest BCUT2D eigenvalue weighted by Gasteiger charge is -2.38. The summed E-state index contributed by atoms with van der Waals surface area (Å²) in [6, 6.07) is 8.86. The van der Waals surface area contributed by atoms with Gasteiger partial charge in [0.05, 0.1) is 36.9 Å². The number of nitrogens with one attached hydrogen (secondary N) is 1. The van der Waals surface area contributed by atoms with E-state index in [9.17, 15) is 19.2 Å². The number of amidine groups is 1. The largest absolute Gasteiger partial charge is 0.466 e. The summed E-state index contributed by atoms with van der Waals surface area (Å²) in [6.45, 7) is 6.69. The van der Waals surface area contributed by atoms with Crippen LogP contribution in [0.2, 0.25) is 5.02 Å². The number of halogens is 2. The van der Waals surface area contributed by atoms with Crippen LogP contribution in [0.15, 0.2) is 58.2 Å². The molecule has 0 unspecified atom stereocenters. The van der Waals surface area contributed by atoms with Crippen LogP contribution in [0.5, 0.6) is 0 Å². The molecule has 0 saturated carbocycles. The number of aryl methyl sites for hydroxylation is 2. The summed E-state index contributed by atoms with van der Waals surface area (Å²) in [5.74, 6) is 5.76. The van der Waals surface area contributed by atoms with E-state index < -0.39 is 17.8 Å². The fourth-order valence-corrected chi connectivity index (χ4v) is 7.12. The molecule has 6 rings (SSSR count). The highest BCUT2D eigenvalue weighted by molar-refractivity contribution is 7.11. The molecule has 47 heavy (non-hydrogen) atoms. The molecule has 0 aliphatic carbocycles. The number of ether oxygens (including phenoxy) is 1. The Morgan fingerprint density at radius 3 is 2.68 bits per heavy atom. The summed E-state index contributed by atoms with van der Waals surface area (Å²) in [5, 5.41) is 15.2. The quantitative estimate of drug-likeness (QED) is 0.305. The second-order valence-corrected chi connectivity index (χ2v) is 12.8. The Morgan fingerprint density at radius 1 is 1.21 bits per heavy atom. The van der Waals surface area contributed by atoms with Gasteiger partial charge in [0, 0.05) is 66.1 Å². The molecule has 1 aromatic heterocycles. The van der Waals surface area contributed by atoms with Gasteiger partial charge in [-0.3, -0.25) is 9.89 Å². The van der Waals surface area contributed by atoms with Crippen molar-refractivity contribution in [3.05, 3.63) is 96.8 Å². The van der Waals surface area contributed by atoms with Crippen molar-refractivity contribution in [2.75, 3.05) is 46.4 Å². The third kappa shape index (κ3) is 6.58. The minimum atomic E-state index is -0.850. The summed E-state index contributed by atoms with van der Waals surface area (Å²) >= 11 is 7.88. The third-order valence-corrected chi connectivity index (χ3v) is 9.57. The molecule has 4 heterocycles. The van der Waals surface area contributed by atoms with E-state index in [2.05, 4.69) is 33.1 Å². The number of carbonyl (C=O) groups excluding carboxylic acids is 2. The monoisotopic (exact) mass is 671 g/mol. The van der Waals surface area contributed by atoms with Gasteiger partial charge in [-0.25, -0.2) is 19.0 Å². The van der Waals surface area contributed by atoms with Crippen molar-refractivity contribution >= 4 is 40.8 Å². The number of rotatable bonds is 6. The highest BCUT2D eigenvalue weighted by Crippen LogP contribution is 2.37. The highest BCUT2D eigenvalue weighted by Gasteiger charge is 2.41. The molecule has 3 aliphatic heterocycles. The SMILES string of the molecule is COC(=O)C1=C(CN2CCN3C(=O)N(CC#Cc4c(C)cc(C#N)cc4C)C[C@@H]3C2)NC(c2nccs2)=N[C@H]1c1ccc(F)cc1Cl. The normalized spacial score (nSPS) is 19.4. The maximum atomic E-state index is 14.0. The zero-order valence-electron chi connectivity index (χ0n) is 26.0. The summed E-state index contributed by atoms with van der Waals surface area (Å²) in [5.41, 5.74) is 4.65. The van der Waals surface area contributed by atoms with E-state index in [1.807, 2.05) is 36.3 Å². The van der Waals surface area contributed by atoms with Gasteiger partial charge in [-0.15, -0.1) is 11.3 Å². The molecule has 2 atom stereocenters. The molecule has 10 nitrogen and oxygen atoms in total. The van der Waals surface area contributed by atoms with Gasteiger partial charge in [0.25, 0.3) is 0 Å². The smallest absolute Gasteiger partial charge is 0.338 e. The van der Waals surface area contributed by atoms with E-state index in [0.717, 1.165) is 16.7 Å². The molecular formula is C34H31ClFN7O3S. The minimum Gasteiger partial charge on any atom is -0.466 e. The van der Waals surface area contributed by atoms with Gasteiger partial charge in [0.2, 0.25) is 0 Å². The predicted octanol–water partition coefficient (Wildman–Crippen LogP) is 4.42. The lowest BCUT2D eigenvalue weighted by Crippen LogP contribution is -2.53. The molecule has 0 radical (unpaired) electrons. The molecule has 13 heteroatoms. The van der Waals surface area contributed by atoms with Crippen LogP contribution in [0.3, 0.4) is 0 Å². The highest BCUT2D eigenvalue weighted by atomic mass is 35.5. The van der Waals surface area contributed by atoms with Crippen LogP contribution < -0.4 is 5.32 Å². The predicted molar refractivity (Wildman–Crippen MR) is 176 cm³/mol. The van der Waals surface area contributed by atoms with Gasteiger partial charge in [0.1, 0.15) is 11.9 Å². The zero-order chi connectivity index (χ0) is 33.2. The Bertz CT molecular complexity index is 1890. The summed E-state index contributed by atoms with van der Waals surface area (Å²) in [4.78, 5) is 41.6. The second kappa shape index (κ2) is 13.5. The number of amides is 2. The third-order valence-electron chi connectivity index (χ3n) is 8.46. The summed E-state index contributed by atoms with van der Waals surface area (Å²) < 4.78 is 19.2. The molecule has 2 saturated heterocycles. The van der Waals surface area contributed by atoms with Gasteiger partial charge in [0.15, 0.2) is 10.8 Å². The Kier molecular flexibility index (Phi) is 9.28. The van der Waals surface area contributed by atoms with Crippen molar-refractivity contribution in [2.24, 2.45) is 4.99 Å². The van der Waals surface area contributed by atoms with Crippen LogP contribution in [0, 0.1) is 42.8 Å². The van der Waals surface area contributed by atoms with Crippen LogP contribution in [0.25, 0.3) is 0 Å². The van der Waals surface area contributed by atoms with Crippen LogP contribution in [0.1, 0.15) is 38.9 Å². The van der Waals surface area contributed by atoms with Crippen LogP contribution in [-0.4, -0.2) is 89.9 Å². The molecule has 3 aromatic rings. The average Bonchev–Trinajstić information content (AvgIpc) is 3.70. The molecule has 3 aliphatic rings. The fourth-order valence-electron chi connectivity index (χ4n) is 6.26. The van der Waals surface area contributed by atoms with Gasteiger partial charge < -0.3 is 19.9 Å². The number of carbonyl (C=O) groups is 2. The van der Waals surface area contributed by atoms with Gasteiger partial charge in [-0.2, -0.15) is 5.26 Å².